The highest BCUT2D eigenvalue weighted by Gasteiger charge is 2.28. The van der Waals surface area contributed by atoms with E-state index in [1.54, 1.807) is 0 Å². The summed E-state index contributed by atoms with van der Waals surface area (Å²) >= 11 is 6.60. The van der Waals surface area contributed by atoms with Gasteiger partial charge in [0.1, 0.15) is 0 Å². The van der Waals surface area contributed by atoms with Gasteiger partial charge >= 0.3 is 0 Å². The number of hydrogen-bond acceptors (Lipinski definition) is 1. The Hall–Kier alpha value is 0.250. The Labute approximate surface area is 144 Å². The van der Waals surface area contributed by atoms with Crippen molar-refractivity contribution >= 4 is 11.6 Å². The van der Waals surface area contributed by atoms with E-state index < -0.39 is 0 Å². The Morgan fingerprint density at radius 2 is 1.59 bits per heavy atom. The summed E-state index contributed by atoms with van der Waals surface area (Å²) in [6.45, 7) is 2.63. The van der Waals surface area contributed by atoms with Crippen LogP contribution in [0.3, 0.4) is 0 Å². The molecule has 1 aliphatic rings. The number of aliphatic hydroxyl groups is 1. The van der Waals surface area contributed by atoms with Gasteiger partial charge in [0.15, 0.2) is 0 Å². The van der Waals surface area contributed by atoms with Gasteiger partial charge in [-0.15, -0.1) is 11.6 Å². The Balaban J connectivity index is 2.08. The first-order valence-corrected chi connectivity index (χ1v) is 10.5. The maximum Gasteiger partial charge on any atom is 0.0431 e. The monoisotopic (exact) mass is 330 g/mol. The second-order valence-electron chi connectivity index (χ2n) is 7.41. The standard InChI is InChI=1S/C20H39ClO/c1-2-3-4-9-15-20(21)17-19-14-11-13-18(19)12-8-6-5-7-10-16-22/h18-20,22H,2-17H2,1H3/t18-,19+,20?/m0/s1. The number of hydrogen-bond donors (Lipinski definition) is 1. The third kappa shape index (κ3) is 9.40. The summed E-state index contributed by atoms with van der Waals surface area (Å²) in [6, 6.07) is 0. The summed E-state index contributed by atoms with van der Waals surface area (Å²) < 4.78 is 0. The zero-order valence-corrected chi connectivity index (χ0v) is 15.6. The molecule has 0 aliphatic heterocycles. The highest BCUT2D eigenvalue weighted by Crippen LogP contribution is 2.39. The summed E-state index contributed by atoms with van der Waals surface area (Å²) in [4.78, 5) is 0. The minimum absolute atomic E-state index is 0.361. The van der Waals surface area contributed by atoms with Crippen LogP contribution in [0, 0.1) is 11.8 Å². The van der Waals surface area contributed by atoms with Gasteiger partial charge in [0, 0.05) is 12.0 Å². The van der Waals surface area contributed by atoms with E-state index in [1.165, 1.54) is 89.9 Å². The molecule has 0 saturated heterocycles. The van der Waals surface area contributed by atoms with E-state index in [1.807, 2.05) is 0 Å². The van der Waals surface area contributed by atoms with Crippen LogP contribution < -0.4 is 0 Å². The minimum atomic E-state index is 0.361. The van der Waals surface area contributed by atoms with Crippen molar-refractivity contribution < 1.29 is 5.11 Å². The minimum Gasteiger partial charge on any atom is -0.396 e. The summed E-state index contributed by atoms with van der Waals surface area (Å²) in [6.07, 6.45) is 19.8. The number of halogens is 1. The zero-order chi connectivity index (χ0) is 16.0. The van der Waals surface area contributed by atoms with E-state index >= 15 is 0 Å². The van der Waals surface area contributed by atoms with Crippen molar-refractivity contribution in [2.24, 2.45) is 11.8 Å². The number of rotatable bonds is 14. The molecule has 0 heterocycles. The molecule has 0 bridgehead atoms. The number of unbranched alkanes of at least 4 members (excludes halogenated alkanes) is 7. The first-order chi connectivity index (χ1) is 10.8. The number of aliphatic hydroxyl groups excluding tert-OH is 1. The van der Waals surface area contributed by atoms with Gasteiger partial charge in [0.05, 0.1) is 0 Å². The van der Waals surface area contributed by atoms with E-state index in [9.17, 15) is 0 Å². The highest BCUT2D eigenvalue weighted by molar-refractivity contribution is 6.20. The molecule has 0 aromatic heterocycles. The lowest BCUT2D eigenvalue weighted by atomic mass is 9.86. The molecule has 132 valence electrons. The van der Waals surface area contributed by atoms with Crippen molar-refractivity contribution in [3.63, 3.8) is 0 Å². The summed E-state index contributed by atoms with van der Waals surface area (Å²) in [7, 11) is 0. The molecule has 0 aromatic rings. The van der Waals surface area contributed by atoms with Gasteiger partial charge < -0.3 is 5.11 Å². The Morgan fingerprint density at radius 1 is 0.909 bits per heavy atom. The molecule has 0 aromatic carbocycles. The molecule has 1 rings (SSSR count). The van der Waals surface area contributed by atoms with Gasteiger partial charge in [-0.25, -0.2) is 0 Å². The third-order valence-corrected chi connectivity index (χ3v) is 5.88. The van der Waals surface area contributed by atoms with Crippen molar-refractivity contribution in [3.8, 4) is 0 Å². The fourth-order valence-corrected chi connectivity index (χ4v) is 4.47. The topological polar surface area (TPSA) is 20.2 Å². The Kier molecular flexibility index (Phi) is 12.6. The molecule has 0 spiro atoms. The van der Waals surface area contributed by atoms with Crippen molar-refractivity contribution in [1.82, 2.24) is 0 Å². The molecule has 2 heteroatoms. The van der Waals surface area contributed by atoms with Gasteiger partial charge in [-0.1, -0.05) is 84.0 Å². The van der Waals surface area contributed by atoms with E-state index in [0.29, 0.717) is 12.0 Å². The first kappa shape index (κ1) is 20.3. The van der Waals surface area contributed by atoms with Gasteiger partial charge in [-0.2, -0.15) is 0 Å². The maximum atomic E-state index is 8.79. The summed E-state index contributed by atoms with van der Waals surface area (Å²) in [5.41, 5.74) is 0. The van der Waals surface area contributed by atoms with Crippen molar-refractivity contribution in [1.29, 1.82) is 0 Å². The average Bonchev–Trinajstić information content (AvgIpc) is 2.94. The molecular weight excluding hydrogens is 292 g/mol. The van der Waals surface area contributed by atoms with Crippen LogP contribution in [0.5, 0.6) is 0 Å². The van der Waals surface area contributed by atoms with Crippen LogP contribution in [0.25, 0.3) is 0 Å². The smallest absolute Gasteiger partial charge is 0.0431 e. The van der Waals surface area contributed by atoms with Crippen LogP contribution in [0.1, 0.15) is 103 Å². The van der Waals surface area contributed by atoms with Gasteiger partial charge in [-0.3, -0.25) is 0 Å². The highest BCUT2D eigenvalue weighted by atomic mass is 35.5. The van der Waals surface area contributed by atoms with Crippen molar-refractivity contribution in [2.75, 3.05) is 6.61 Å². The normalized spacial score (nSPS) is 23.0. The van der Waals surface area contributed by atoms with Crippen LogP contribution in [0.4, 0.5) is 0 Å². The largest absolute Gasteiger partial charge is 0.396 e. The molecule has 1 saturated carbocycles. The second kappa shape index (κ2) is 13.7. The lowest BCUT2D eigenvalue weighted by Crippen LogP contribution is -2.13. The molecule has 1 aliphatic carbocycles. The van der Waals surface area contributed by atoms with Crippen LogP contribution in [0.15, 0.2) is 0 Å². The Bertz CT molecular complexity index is 244. The SMILES string of the molecule is CCCCCCC(Cl)C[C@H]1CCC[C@@H]1CCCCCCCO. The predicted octanol–water partition coefficient (Wildman–Crippen LogP) is 6.70. The fraction of sp³-hybridized carbons (Fsp3) is 1.00. The molecular formula is C20H39ClO. The van der Waals surface area contributed by atoms with Gasteiger partial charge in [0.2, 0.25) is 0 Å². The van der Waals surface area contributed by atoms with E-state index in [-0.39, 0.29) is 0 Å². The molecule has 1 N–H and O–H groups in total. The van der Waals surface area contributed by atoms with Crippen LogP contribution in [0.2, 0.25) is 0 Å². The van der Waals surface area contributed by atoms with Gasteiger partial charge in [-0.05, 0) is 31.1 Å². The van der Waals surface area contributed by atoms with E-state index in [0.717, 1.165) is 18.3 Å². The summed E-state index contributed by atoms with van der Waals surface area (Å²) in [5.74, 6) is 1.86. The van der Waals surface area contributed by atoms with E-state index in [4.69, 9.17) is 16.7 Å². The molecule has 0 radical (unpaired) electrons. The fourth-order valence-electron chi connectivity index (χ4n) is 4.09. The van der Waals surface area contributed by atoms with Crippen molar-refractivity contribution in [2.45, 2.75) is 109 Å². The average molecular weight is 331 g/mol. The first-order valence-electron chi connectivity index (χ1n) is 10.0. The molecule has 1 fully saturated rings. The lowest BCUT2D eigenvalue weighted by molar-refractivity contribution is 0.281. The predicted molar refractivity (Wildman–Crippen MR) is 98.6 cm³/mol. The molecule has 1 nitrogen and oxygen atoms in total. The van der Waals surface area contributed by atoms with Crippen LogP contribution in [-0.4, -0.2) is 17.1 Å². The number of alkyl halides is 1. The Morgan fingerprint density at radius 3 is 2.36 bits per heavy atom. The van der Waals surface area contributed by atoms with Crippen LogP contribution in [-0.2, 0) is 0 Å². The molecule has 0 amide bonds. The molecule has 22 heavy (non-hydrogen) atoms. The van der Waals surface area contributed by atoms with Crippen molar-refractivity contribution in [3.05, 3.63) is 0 Å². The van der Waals surface area contributed by atoms with Crippen LogP contribution >= 0.6 is 11.6 Å². The molecule has 1 unspecified atom stereocenters. The zero-order valence-electron chi connectivity index (χ0n) is 14.9. The molecule has 3 atom stereocenters. The second-order valence-corrected chi connectivity index (χ2v) is 8.03. The van der Waals surface area contributed by atoms with Gasteiger partial charge in [0.25, 0.3) is 0 Å². The third-order valence-electron chi connectivity index (χ3n) is 5.48. The maximum absolute atomic E-state index is 8.79. The van der Waals surface area contributed by atoms with E-state index in [2.05, 4.69) is 6.92 Å². The summed E-state index contributed by atoms with van der Waals surface area (Å²) in [5, 5.41) is 9.22. The lowest BCUT2D eigenvalue weighted by Gasteiger charge is -2.22. The quantitative estimate of drug-likeness (QED) is 0.277.